The molecule has 1 aliphatic heterocycles. The van der Waals surface area contributed by atoms with Crippen LogP contribution in [-0.2, 0) is 24.2 Å². The number of thioether (sulfide) groups is 1. The molecule has 35 heavy (non-hydrogen) atoms. The second-order valence-electron chi connectivity index (χ2n) is 8.72. The van der Waals surface area contributed by atoms with Crippen molar-refractivity contribution in [2.24, 2.45) is 0 Å². The number of hydrogen-bond acceptors (Lipinski definition) is 5. The number of amides is 2. The van der Waals surface area contributed by atoms with Crippen LogP contribution in [0, 0.1) is 19.7 Å². The molecule has 2 aromatic heterocycles. The standard InChI is InChI=1S/C26H23FN2O4S2/c1-14-11-17(12-21-23(30)28(26(33)35-21)13-16-7-3-5-9-19(16)27)15(2)29(14)24-22(25(31)32)18-8-4-6-10-20(18)34-24/h3,5,7,9,11-12H,4,6,8,10,13H2,1-2H3,(H,31,32)/b21-12-. The third-order valence-corrected chi connectivity index (χ3v) is 8.67. The van der Waals surface area contributed by atoms with E-state index in [4.69, 9.17) is 0 Å². The lowest BCUT2D eigenvalue weighted by molar-refractivity contribution is -0.123. The highest BCUT2D eigenvalue weighted by molar-refractivity contribution is 8.18. The quantitative estimate of drug-likeness (QED) is 0.419. The highest BCUT2D eigenvalue weighted by Gasteiger charge is 2.36. The summed E-state index contributed by atoms with van der Waals surface area (Å²) < 4.78 is 16.0. The Morgan fingerprint density at radius 1 is 1.17 bits per heavy atom. The van der Waals surface area contributed by atoms with Gasteiger partial charge in [-0.1, -0.05) is 18.2 Å². The van der Waals surface area contributed by atoms with Crippen molar-refractivity contribution >= 4 is 46.3 Å². The fourth-order valence-corrected chi connectivity index (χ4v) is 7.07. The molecule has 6 nitrogen and oxygen atoms in total. The number of carbonyl (C=O) groups excluding carboxylic acids is 2. The smallest absolute Gasteiger partial charge is 0.339 e. The van der Waals surface area contributed by atoms with E-state index in [1.54, 1.807) is 24.3 Å². The first-order valence-electron chi connectivity index (χ1n) is 11.3. The van der Waals surface area contributed by atoms with Crippen molar-refractivity contribution in [3.8, 4) is 5.00 Å². The molecule has 3 aromatic rings. The zero-order valence-corrected chi connectivity index (χ0v) is 20.9. The van der Waals surface area contributed by atoms with Crippen molar-refractivity contribution in [3.63, 3.8) is 0 Å². The summed E-state index contributed by atoms with van der Waals surface area (Å²) in [5.74, 6) is -1.86. The van der Waals surface area contributed by atoms with Crippen molar-refractivity contribution in [2.75, 3.05) is 0 Å². The van der Waals surface area contributed by atoms with Crippen molar-refractivity contribution < 1.29 is 23.9 Å². The molecule has 0 unspecified atom stereocenters. The third-order valence-electron chi connectivity index (χ3n) is 6.49. The van der Waals surface area contributed by atoms with E-state index in [0.29, 0.717) is 10.6 Å². The van der Waals surface area contributed by atoms with Crippen molar-refractivity contribution in [2.45, 2.75) is 46.1 Å². The van der Waals surface area contributed by atoms with Crippen LogP contribution in [0.2, 0.25) is 0 Å². The van der Waals surface area contributed by atoms with Crippen LogP contribution >= 0.6 is 23.1 Å². The van der Waals surface area contributed by atoms with E-state index in [-0.39, 0.29) is 17.0 Å². The van der Waals surface area contributed by atoms with Crippen LogP contribution < -0.4 is 0 Å². The zero-order valence-electron chi connectivity index (χ0n) is 19.3. The zero-order chi connectivity index (χ0) is 24.9. The fraction of sp³-hybridized carbons (Fsp3) is 0.269. The molecule has 2 amide bonds. The number of carbonyl (C=O) groups is 3. The van der Waals surface area contributed by atoms with Gasteiger partial charge in [-0.05, 0) is 80.6 Å². The van der Waals surface area contributed by atoms with Gasteiger partial charge in [-0.3, -0.25) is 14.5 Å². The summed E-state index contributed by atoms with van der Waals surface area (Å²) in [6.07, 6.45) is 5.38. The number of halogens is 1. The predicted octanol–water partition coefficient (Wildman–Crippen LogP) is 6.11. The Morgan fingerprint density at radius 2 is 1.91 bits per heavy atom. The highest BCUT2D eigenvalue weighted by atomic mass is 32.2. The van der Waals surface area contributed by atoms with Gasteiger partial charge in [0.1, 0.15) is 10.8 Å². The van der Waals surface area contributed by atoms with Gasteiger partial charge in [-0.15, -0.1) is 11.3 Å². The monoisotopic (exact) mass is 510 g/mol. The van der Waals surface area contributed by atoms with Gasteiger partial charge in [0, 0.05) is 21.8 Å². The van der Waals surface area contributed by atoms with Gasteiger partial charge >= 0.3 is 5.97 Å². The van der Waals surface area contributed by atoms with Crippen molar-refractivity contribution in [1.29, 1.82) is 0 Å². The Kier molecular flexibility index (Phi) is 6.14. The summed E-state index contributed by atoms with van der Waals surface area (Å²) in [5.41, 5.74) is 3.96. The molecular weight excluding hydrogens is 487 g/mol. The lowest BCUT2D eigenvalue weighted by atomic mass is 9.95. The van der Waals surface area contributed by atoms with Crippen LogP contribution in [0.15, 0.2) is 35.2 Å². The SMILES string of the molecule is Cc1cc(/C=C2\SC(=O)N(Cc3ccccc3F)C2=O)c(C)n1-c1sc2c(c1C(=O)O)CCCC2. The maximum absolute atomic E-state index is 14.1. The Balaban J connectivity index is 1.50. The molecule has 2 aliphatic rings. The van der Waals surface area contributed by atoms with Crippen LogP contribution in [0.3, 0.4) is 0 Å². The van der Waals surface area contributed by atoms with E-state index in [1.165, 1.54) is 17.4 Å². The minimum Gasteiger partial charge on any atom is -0.478 e. The molecule has 1 aromatic carbocycles. The maximum Gasteiger partial charge on any atom is 0.339 e. The van der Waals surface area contributed by atoms with E-state index in [2.05, 4.69) is 0 Å². The molecular formula is C26H23FN2O4S2. The number of carboxylic acids is 1. The van der Waals surface area contributed by atoms with E-state index < -0.39 is 22.9 Å². The number of imide groups is 1. The van der Waals surface area contributed by atoms with Gasteiger partial charge < -0.3 is 9.67 Å². The summed E-state index contributed by atoms with van der Waals surface area (Å²) in [6.45, 7) is 3.65. The minimum atomic E-state index is -0.928. The maximum atomic E-state index is 14.1. The van der Waals surface area contributed by atoms with E-state index in [1.807, 2.05) is 24.5 Å². The number of benzene rings is 1. The largest absolute Gasteiger partial charge is 0.478 e. The molecule has 0 radical (unpaired) electrons. The van der Waals surface area contributed by atoms with Gasteiger partial charge in [-0.25, -0.2) is 9.18 Å². The number of nitrogens with zero attached hydrogens (tertiary/aromatic N) is 2. The molecule has 1 fully saturated rings. The Hall–Kier alpha value is -3.17. The van der Waals surface area contributed by atoms with E-state index >= 15 is 0 Å². The van der Waals surface area contributed by atoms with Gasteiger partial charge in [0.25, 0.3) is 11.1 Å². The summed E-state index contributed by atoms with van der Waals surface area (Å²) in [5, 5.41) is 10.2. The number of aryl methyl sites for hydroxylation is 2. The van der Waals surface area contributed by atoms with Crippen LogP contribution in [-0.4, -0.2) is 31.7 Å². The van der Waals surface area contributed by atoms with Gasteiger partial charge in [0.05, 0.1) is 17.0 Å². The summed E-state index contributed by atoms with van der Waals surface area (Å²) in [7, 11) is 0. The first kappa shape index (κ1) is 23.6. The Morgan fingerprint density at radius 3 is 2.66 bits per heavy atom. The number of fused-ring (bicyclic) bond motifs is 1. The first-order valence-corrected chi connectivity index (χ1v) is 13.0. The number of aromatic carboxylic acids is 1. The number of hydrogen-bond donors (Lipinski definition) is 1. The van der Waals surface area contributed by atoms with Crippen LogP contribution in [0.5, 0.6) is 0 Å². The molecule has 0 spiro atoms. The van der Waals surface area contributed by atoms with Crippen molar-refractivity contribution in [1.82, 2.24) is 9.47 Å². The lowest BCUT2D eigenvalue weighted by Crippen LogP contribution is -2.27. The average Bonchev–Trinajstić information content (AvgIpc) is 3.42. The Labute approximate surface area is 210 Å². The third kappa shape index (κ3) is 4.12. The van der Waals surface area contributed by atoms with Crippen LogP contribution in [0.1, 0.15) is 56.2 Å². The molecule has 1 aliphatic carbocycles. The topological polar surface area (TPSA) is 79.6 Å². The van der Waals surface area contributed by atoms with Gasteiger partial charge in [-0.2, -0.15) is 0 Å². The molecule has 0 atom stereocenters. The van der Waals surface area contributed by atoms with Gasteiger partial charge in [0.2, 0.25) is 0 Å². The highest BCUT2D eigenvalue weighted by Crippen LogP contribution is 2.40. The average molecular weight is 511 g/mol. The van der Waals surface area contributed by atoms with Crippen LogP contribution in [0.25, 0.3) is 11.1 Å². The number of rotatable bonds is 5. The predicted molar refractivity (Wildman–Crippen MR) is 135 cm³/mol. The second kappa shape index (κ2) is 9.13. The van der Waals surface area contributed by atoms with Gasteiger partial charge in [0.15, 0.2) is 0 Å². The molecule has 3 heterocycles. The number of carboxylic acid groups (broad SMARTS) is 1. The minimum absolute atomic E-state index is 0.129. The summed E-state index contributed by atoms with van der Waals surface area (Å²) in [4.78, 5) is 40.2. The summed E-state index contributed by atoms with van der Waals surface area (Å²) >= 11 is 2.35. The second-order valence-corrected chi connectivity index (χ2v) is 10.8. The van der Waals surface area contributed by atoms with E-state index in [9.17, 15) is 23.9 Å². The fourth-order valence-electron chi connectivity index (χ4n) is 4.75. The molecule has 180 valence electrons. The Bertz CT molecular complexity index is 1420. The molecule has 0 bridgehead atoms. The first-order chi connectivity index (χ1) is 16.8. The molecule has 1 N–H and O–H groups in total. The van der Waals surface area contributed by atoms with Crippen LogP contribution in [0.4, 0.5) is 9.18 Å². The van der Waals surface area contributed by atoms with Crippen molar-refractivity contribution in [3.05, 3.63) is 79.6 Å². The molecule has 9 heteroatoms. The molecule has 1 saturated heterocycles. The normalized spacial score (nSPS) is 16.9. The summed E-state index contributed by atoms with van der Waals surface area (Å²) in [6, 6.07) is 7.96. The lowest BCUT2D eigenvalue weighted by Gasteiger charge is -2.12. The number of aromatic nitrogens is 1. The molecule has 0 saturated carbocycles. The number of thiophene rings is 1. The molecule has 5 rings (SSSR count). The van der Waals surface area contributed by atoms with E-state index in [0.717, 1.165) is 69.7 Å².